The Kier molecular flexibility index (Phi) is 5.47. The summed E-state index contributed by atoms with van der Waals surface area (Å²) in [5.74, 6) is -0.310. The van der Waals surface area contributed by atoms with Gasteiger partial charge in [-0.05, 0) is 42.3 Å². The Balaban J connectivity index is 1.83. The van der Waals surface area contributed by atoms with Crippen LogP contribution >= 0.6 is 15.9 Å². The number of carbonyl (C=O) groups excluding carboxylic acids is 1. The predicted molar refractivity (Wildman–Crippen MR) is 103 cm³/mol. The van der Waals surface area contributed by atoms with E-state index >= 15 is 0 Å². The summed E-state index contributed by atoms with van der Waals surface area (Å²) in [5.41, 5.74) is 1.05. The molecule has 1 heterocycles. The second kappa shape index (κ2) is 7.62. The van der Waals surface area contributed by atoms with Crippen molar-refractivity contribution in [3.05, 3.63) is 82.6 Å². The zero-order valence-electron chi connectivity index (χ0n) is 14.6. The molecule has 0 aliphatic carbocycles. The first kappa shape index (κ1) is 18.6. The molecule has 0 N–H and O–H groups in total. The quantitative estimate of drug-likeness (QED) is 0.561. The Bertz CT molecular complexity index is 791. The number of benzene rings is 2. The van der Waals surface area contributed by atoms with E-state index in [1.54, 1.807) is 23.1 Å². The normalized spacial score (nSPS) is 21.2. The first-order valence-electron chi connectivity index (χ1n) is 8.57. The van der Waals surface area contributed by atoms with Crippen molar-refractivity contribution >= 4 is 22.0 Å². The third-order valence-corrected chi connectivity index (χ3v) is 5.47. The number of cyclic esters (lactones) is 1. The van der Waals surface area contributed by atoms with E-state index in [2.05, 4.69) is 22.5 Å². The Hall–Kier alpha value is -2.14. The van der Waals surface area contributed by atoms with Gasteiger partial charge in [0.2, 0.25) is 0 Å². The predicted octanol–water partition coefficient (Wildman–Crippen LogP) is 5.96. The highest BCUT2D eigenvalue weighted by Crippen LogP contribution is 2.39. The van der Waals surface area contributed by atoms with Crippen molar-refractivity contribution in [1.82, 2.24) is 4.90 Å². The SMILES string of the molecule is C=CCC1(c2ccc(F)cc2)CCN(C(C)c2ccc(Br)cc2)C(=O)O1. The Labute approximate surface area is 161 Å². The number of amides is 1. The van der Waals surface area contributed by atoms with Gasteiger partial charge < -0.3 is 9.64 Å². The molecule has 3 rings (SSSR count). The molecular weight excluding hydrogens is 397 g/mol. The van der Waals surface area contributed by atoms with Crippen LogP contribution in [-0.2, 0) is 10.3 Å². The fraction of sp³-hybridized carbons (Fsp3) is 0.286. The van der Waals surface area contributed by atoms with E-state index in [0.29, 0.717) is 19.4 Å². The van der Waals surface area contributed by atoms with Crippen molar-refractivity contribution in [1.29, 1.82) is 0 Å². The molecule has 0 bridgehead atoms. The first-order valence-corrected chi connectivity index (χ1v) is 9.36. The lowest BCUT2D eigenvalue weighted by atomic mass is 9.85. The van der Waals surface area contributed by atoms with Gasteiger partial charge in [0.05, 0.1) is 6.04 Å². The van der Waals surface area contributed by atoms with Crippen LogP contribution in [0.25, 0.3) is 0 Å². The number of ether oxygens (including phenoxy) is 1. The lowest BCUT2D eigenvalue weighted by Gasteiger charge is -2.43. The van der Waals surface area contributed by atoms with Gasteiger partial charge in [-0.15, -0.1) is 6.58 Å². The molecule has 1 aliphatic rings. The van der Waals surface area contributed by atoms with E-state index < -0.39 is 5.60 Å². The molecule has 0 saturated carbocycles. The summed E-state index contributed by atoms with van der Waals surface area (Å²) >= 11 is 3.42. The van der Waals surface area contributed by atoms with Crippen LogP contribution in [0, 0.1) is 5.82 Å². The molecule has 3 nitrogen and oxygen atoms in total. The fourth-order valence-corrected chi connectivity index (χ4v) is 3.66. The molecule has 1 fully saturated rings. The summed E-state index contributed by atoms with van der Waals surface area (Å²) in [6.45, 7) is 6.34. The Morgan fingerprint density at radius 3 is 2.50 bits per heavy atom. The van der Waals surface area contributed by atoms with E-state index in [0.717, 1.165) is 15.6 Å². The monoisotopic (exact) mass is 417 g/mol. The van der Waals surface area contributed by atoms with Gasteiger partial charge in [-0.3, -0.25) is 0 Å². The lowest BCUT2D eigenvalue weighted by Crippen LogP contribution is -2.48. The largest absolute Gasteiger partial charge is 0.437 e. The molecule has 0 radical (unpaired) electrons. The van der Waals surface area contributed by atoms with Gasteiger partial charge in [0.25, 0.3) is 0 Å². The summed E-state index contributed by atoms with van der Waals surface area (Å²) in [4.78, 5) is 14.5. The second-order valence-electron chi connectivity index (χ2n) is 6.53. The standard InChI is InChI=1S/C21H21BrFNO2/c1-3-12-21(17-6-10-19(23)11-7-17)13-14-24(20(25)26-21)15(2)16-4-8-18(22)9-5-16/h3-11,15H,1,12-14H2,2H3. The number of nitrogens with zero attached hydrogens (tertiary/aromatic N) is 1. The average molecular weight is 418 g/mol. The van der Waals surface area contributed by atoms with Crippen molar-refractivity contribution in [2.24, 2.45) is 0 Å². The zero-order chi connectivity index (χ0) is 18.7. The van der Waals surface area contributed by atoms with Crippen LogP contribution in [0.1, 0.15) is 36.9 Å². The smallest absolute Gasteiger partial charge is 0.411 e. The summed E-state index contributed by atoms with van der Waals surface area (Å²) in [6, 6.07) is 14.0. The van der Waals surface area contributed by atoms with Gasteiger partial charge in [-0.1, -0.05) is 46.3 Å². The molecule has 0 spiro atoms. The van der Waals surface area contributed by atoms with Crippen LogP contribution in [0.2, 0.25) is 0 Å². The summed E-state index contributed by atoms with van der Waals surface area (Å²) in [7, 11) is 0. The van der Waals surface area contributed by atoms with E-state index in [1.807, 2.05) is 31.2 Å². The van der Waals surface area contributed by atoms with Crippen LogP contribution in [-0.4, -0.2) is 17.5 Å². The van der Waals surface area contributed by atoms with Gasteiger partial charge in [0.1, 0.15) is 11.4 Å². The van der Waals surface area contributed by atoms with E-state index in [4.69, 9.17) is 4.74 Å². The molecule has 0 aromatic heterocycles. The Morgan fingerprint density at radius 1 is 1.27 bits per heavy atom. The molecule has 2 aromatic carbocycles. The molecule has 136 valence electrons. The molecular formula is C21H21BrFNO2. The summed E-state index contributed by atoms with van der Waals surface area (Å²) in [6.07, 6.45) is 2.49. The third-order valence-electron chi connectivity index (χ3n) is 4.94. The average Bonchev–Trinajstić information content (AvgIpc) is 2.63. The van der Waals surface area contributed by atoms with Crippen molar-refractivity contribution in [2.75, 3.05) is 6.54 Å². The summed E-state index contributed by atoms with van der Waals surface area (Å²) < 4.78 is 20.2. The molecule has 1 saturated heterocycles. The minimum Gasteiger partial charge on any atom is -0.437 e. The highest BCUT2D eigenvalue weighted by atomic mass is 79.9. The third kappa shape index (κ3) is 3.68. The second-order valence-corrected chi connectivity index (χ2v) is 7.45. The van der Waals surface area contributed by atoms with Crippen molar-refractivity contribution < 1.29 is 13.9 Å². The maximum atomic E-state index is 13.3. The first-order chi connectivity index (χ1) is 12.4. The molecule has 2 aromatic rings. The van der Waals surface area contributed by atoms with Gasteiger partial charge in [-0.25, -0.2) is 9.18 Å². The van der Waals surface area contributed by atoms with E-state index in [9.17, 15) is 9.18 Å². The van der Waals surface area contributed by atoms with E-state index in [-0.39, 0.29) is 18.0 Å². The van der Waals surface area contributed by atoms with Crippen LogP contribution in [0.4, 0.5) is 9.18 Å². The number of halogens is 2. The lowest BCUT2D eigenvalue weighted by molar-refractivity contribution is -0.0588. The van der Waals surface area contributed by atoms with Crippen LogP contribution in [0.3, 0.4) is 0 Å². The maximum absolute atomic E-state index is 13.3. The van der Waals surface area contributed by atoms with Gasteiger partial charge in [0.15, 0.2) is 0 Å². The molecule has 1 aliphatic heterocycles. The molecule has 26 heavy (non-hydrogen) atoms. The van der Waals surface area contributed by atoms with Crippen molar-refractivity contribution in [2.45, 2.75) is 31.4 Å². The number of hydrogen-bond donors (Lipinski definition) is 0. The number of rotatable bonds is 5. The molecule has 5 heteroatoms. The summed E-state index contributed by atoms with van der Waals surface area (Å²) in [5, 5.41) is 0. The Morgan fingerprint density at radius 2 is 1.92 bits per heavy atom. The number of carbonyl (C=O) groups is 1. The zero-order valence-corrected chi connectivity index (χ0v) is 16.2. The van der Waals surface area contributed by atoms with Crippen molar-refractivity contribution in [3.63, 3.8) is 0 Å². The maximum Gasteiger partial charge on any atom is 0.411 e. The minimum absolute atomic E-state index is 0.0921. The van der Waals surface area contributed by atoms with Crippen LogP contribution in [0.5, 0.6) is 0 Å². The van der Waals surface area contributed by atoms with Crippen LogP contribution in [0.15, 0.2) is 65.7 Å². The minimum atomic E-state index is -0.789. The van der Waals surface area contributed by atoms with E-state index in [1.165, 1.54) is 12.1 Å². The molecule has 2 atom stereocenters. The number of hydrogen-bond acceptors (Lipinski definition) is 2. The van der Waals surface area contributed by atoms with Crippen LogP contribution < -0.4 is 0 Å². The highest BCUT2D eigenvalue weighted by Gasteiger charge is 2.42. The van der Waals surface area contributed by atoms with Gasteiger partial charge >= 0.3 is 6.09 Å². The topological polar surface area (TPSA) is 29.5 Å². The fourth-order valence-electron chi connectivity index (χ4n) is 3.39. The van der Waals surface area contributed by atoms with Gasteiger partial charge in [-0.2, -0.15) is 0 Å². The van der Waals surface area contributed by atoms with Crippen molar-refractivity contribution in [3.8, 4) is 0 Å². The highest BCUT2D eigenvalue weighted by molar-refractivity contribution is 9.10. The molecule has 2 unspecified atom stereocenters. The van der Waals surface area contributed by atoms with Gasteiger partial charge in [0, 0.05) is 23.9 Å². The molecule has 1 amide bonds.